The van der Waals surface area contributed by atoms with Gasteiger partial charge in [0.2, 0.25) is 0 Å². The van der Waals surface area contributed by atoms with Crippen LogP contribution in [0.25, 0.3) is 11.1 Å². The van der Waals surface area contributed by atoms with Crippen molar-refractivity contribution < 1.29 is 9.59 Å². The van der Waals surface area contributed by atoms with E-state index in [1.165, 1.54) is 4.90 Å². The molecule has 1 aromatic carbocycles. The van der Waals surface area contributed by atoms with Crippen molar-refractivity contribution in [2.24, 2.45) is 0 Å². The Hall–Kier alpha value is -2.83. The van der Waals surface area contributed by atoms with Gasteiger partial charge in [0, 0.05) is 24.3 Å². The van der Waals surface area contributed by atoms with Crippen LogP contribution in [0.15, 0.2) is 30.5 Å². The first-order valence-corrected chi connectivity index (χ1v) is 6.16. The van der Waals surface area contributed by atoms with Gasteiger partial charge >= 0.3 is 11.8 Å². The predicted molar refractivity (Wildman–Crippen MR) is 73.8 cm³/mol. The van der Waals surface area contributed by atoms with E-state index in [4.69, 9.17) is 5.73 Å². The molecule has 0 spiro atoms. The summed E-state index contributed by atoms with van der Waals surface area (Å²) in [4.78, 5) is 24.6. The Labute approximate surface area is 114 Å². The SMILES string of the molecule is Nc1[nH]ncc1-c1ccc(N2CCNC(=O)C2=O)cc1. The molecule has 0 aliphatic carbocycles. The van der Waals surface area contributed by atoms with E-state index in [1.54, 1.807) is 18.3 Å². The average molecular weight is 271 g/mol. The van der Waals surface area contributed by atoms with E-state index >= 15 is 0 Å². The van der Waals surface area contributed by atoms with Crippen molar-refractivity contribution >= 4 is 23.3 Å². The highest BCUT2D eigenvalue weighted by Crippen LogP contribution is 2.26. The van der Waals surface area contributed by atoms with Crippen molar-refractivity contribution in [2.45, 2.75) is 0 Å². The lowest BCUT2D eigenvalue weighted by Crippen LogP contribution is -2.52. The molecule has 3 rings (SSSR count). The topological polar surface area (TPSA) is 104 Å². The van der Waals surface area contributed by atoms with Crippen LogP contribution < -0.4 is 16.0 Å². The van der Waals surface area contributed by atoms with E-state index in [0.29, 0.717) is 24.6 Å². The smallest absolute Gasteiger partial charge is 0.316 e. The number of hydrogen-bond acceptors (Lipinski definition) is 4. The van der Waals surface area contributed by atoms with Crippen molar-refractivity contribution in [2.75, 3.05) is 23.7 Å². The van der Waals surface area contributed by atoms with Crippen molar-refractivity contribution in [1.82, 2.24) is 15.5 Å². The number of nitrogens with zero attached hydrogens (tertiary/aromatic N) is 2. The third kappa shape index (κ3) is 1.99. The molecule has 0 unspecified atom stereocenters. The zero-order valence-corrected chi connectivity index (χ0v) is 10.6. The molecule has 7 heteroatoms. The average Bonchev–Trinajstić information content (AvgIpc) is 2.88. The van der Waals surface area contributed by atoms with E-state index in [0.717, 1.165) is 11.1 Å². The summed E-state index contributed by atoms with van der Waals surface area (Å²) in [7, 11) is 0. The number of aromatic nitrogens is 2. The van der Waals surface area contributed by atoms with Gasteiger partial charge in [-0.15, -0.1) is 0 Å². The van der Waals surface area contributed by atoms with Crippen LogP contribution in [0.3, 0.4) is 0 Å². The van der Waals surface area contributed by atoms with Crippen molar-refractivity contribution in [3.8, 4) is 11.1 Å². The minimum Gasteiger partial charge on any atom is -0.384 e. The summed E-state index contributed by atoms with van der Waals surface area (Å²) < 4.78 is 0. The van der Waals surface area contributed by atoms with Gasteiger partial charge in [-0.25, -0.2) is 0 Å². The molecule has 4 N–H and O–H groups in total. The molecule has 1 saturated heterocycles. The number of rotatable bonds is 2. The molecule has 0 bridgehead atoms. The molecule has 2 amide bonds. The third-order valence-electron chi connectivity index (χ3n) is 3.22. The van der Waals surface area contributed by atoms with Crippen LogP contribution in [-0.4, -0.2) is 35.1 Å². The fourth-order valence-corrected chi connectivity index (χ4v) is 2.17. The molecule has 1 aliphatic heterocycles. The molecular weight excluding hydrogens is 258 g/mol. The summed E-state index contributed by atoms with van der Waals surface area (Å²) in [6.07, 6.45) is 1.64. The second kappa shape index (κ2) is 4.69. The second-order valence-corrected chi connectivity index (χ2v) is 4.46. The van der Waals surface area contributed by atoms with E-state index in [9.17, 15) is 9.59 Å². The molecule has 1 aliphatic rings. The van der Waals surface area contributed by atoms with Crippen LogP contribution in [-0.2, 0) is 9.59 Å². The molecular formula is C13H13N5O2. The molecule has 7 nitrogen and oxygen atoms in total. The Kier molecular flexibility index (Phi) is 2.86. The number of amides is 2. The summed E-state index contributed by atoms with van der Waals surface area (Å²) in [5, 5.41) is 9.05. The zero-order chi connectivity index (χ0) is 14.1. The number of piperazine rings is 1. The van der Waals surface area contributed by atoms with Gasteiger partial charge in [0.15, 0.2) is 0 Å². The van der Waals surface area contributed by atoms with Crippen LogP contribution in [0.5, 0.6) is 0 Å². The van der Waals surface area contributed by atoms with Gasteiger partial charge < -0.3 is 16.0 Å². The van der Waals surface area contributed by atoms with Gasteiger partial charge in [0.1, 0.15) is 5.82 Å². The maximum Gasteiger partial charge on any atom is 0.316 e. The molecule has 1 fully saturated rings. The van der Waals surface area contributed by atoms with Crippen LogP contribution in [0, 0.1) is 0 Å². The minimum atomic E-state index is -0.570. The monoisotopic (exact) mass is 271 g/mol. The fraction of sp³-hybridized carbons (Fsp3) is 0.154. The first-order chi connectivity index (χ1) is 9.66. The summed E-state index contributed by atoms with van der Waals surface area (Å²) in [6.45, 7) is 0.929. The van der Waals surface area contributed by atoms with E-state index in [1.807, 2.05) is 12.1 Å². The number of benzene rings is 1. The molecule has 0 atom stereocenters. The van der Waals surface area contributed by atoms with Gasteiger partial charge in [-0.1, -0.05) is 12.1 Å². The Morgan fingerprint density at radius 2 is 1.95 bits per heavy atom. The molecule has 20 heavy (non-hydrogen) atoms. The first kappa shape index (κ1) is 12.2. The minimum absolute atomic E-state index is 0.459. The Morgan fingerprint density at radius 3 is 2.60 bits per heavy atom. The molecule has 2 aromatic rings. The van der Waals surface area contributed by atoms with Crippen molar-refractivity contribution in [3.63, 3.8) is 0 Å². The summed E-state index contributed by atoms with van der Waals surface area (Å²) in [6, 6.07) is 7.27. The first-order valence-electron chi connectivity index (χ1n) is 6.16. The number of nitrogens with one attached hydrogen (secondary N) is 2. The quantitative estimate of drug-likeness (QED) is 0.675. The van der Waals surface area contributed by atoms with Gasteiger partial charge in [-0.05, 0) is 17.7 Å². The molecule has 1 aromatic heterocycles. The highest BCUT2D eigenvalue weighted by Gasteiger charge is 2.27. The number of nitrogens with two attached hydrogens (primary N) is 1. The number of H-pyrrole nitrogens is 1. The normalized spacial score (nSPS) is 15.3. The number of carbonyl (C=O) groups is 2. The number of aromatic amines is 1. The van der Waals surface area contributed by atoms with E-state index < -0.39 is 11.8 Å². The Morgan fingerprint density at radius 1 is 1.20 bits per heavy atom. The maximum atomic E-state index is 11.8. The Bertz CT molecular complexity index is 662. The number of hydrogen-bond donors (Lipinski definition) is 3. The lowest BCUT2D eigenvalue weighted by molar-refractivity contribution is -0.138. The van der Waals surface area contributed by atoms with Gasteiger partial charge in [0.25, 0.3) is 0 Å². The highest BCUT2D eigenvalue weighted by atomic mass is 16.2. The second-order valence-electron chi connectivity index (χ2n) is 4.46. The fourth-order valence-electron chi connectivity index (χ4n) is 2.17. The highest BCUT2D eigenvalue weighted by molar-refractivity contribution is 6.41. The largest absolute Gasteiger partial charge is 0.384 e. The molecule has 2 heterocycles. The standard InChI is InChI=1S/C13H13N5O2/c14-11-10(7-16-17-11)8-1-3-9(4-2-8)18-6-5-15-12(19)13(18)20/h1-4,7H,5-6H2,(H,15,19)(H3,14,16,17). The molecule has 0 saturated carbocycles. The summed E-state index contributed by atoms with van der Waals surface area (Å²) >= 11 is 0. The lowest BCUT2D eigenvalue weighted by atomic mass is 10.1. The third-order valence-corrected chi connectivity index (χ3v) is 3.22. The van der Waals surface area contributed by atoms with Crippen LogP contribution >= 0.6 is 0 Å². The van der Waals surface area contributed by atoms with Gasteiger partial charge in [-0.3, -0.25) is 14.7 Å². The van der Waals surface area contributed by atoms with Gasteiger partial charge in [-0.2, -0.15) is 5.10 Å². The van der Waals surface area contributed by atoms with Gasteiger partial charge in [0.05, 0.1) is 6.20 Å². The van der Waals surface area contributed by atoms with Crippen molar-refractivity contribution in [1.29, 1.82) is 0 Å². The number of carbonyl (C=O) groups excluding carboxylic acids is 2. The lowest BCUT2D eigenvalue weighted by Gasteiger charge is -2.26. The van der Waals surface area contributed by atoms with Crippen molar-refractivity contribution in [3.05, 3.63) is 30.5 Å². The number of nitrogen functional groups attached to an aromatic ring is 1. The van der Waals surface area contributed by atoms with E-state index in [-0.39, 0.29) is 0 Å². The maximum absolute atomic E-state index is 11.8. The van der Waals surface area contributed by atoms with Crippen LogP contribution in [0.4, 0.5) is 11.5 Å². The zero-order valence-electron chi connectivity index (χ0n) is 10.6. The predicted octanol–water partition coefficient (Wildman–Crippen LogP) is 0.122. The number of anilines is 2. The van der Waals surface area contributed by atoms with Crippen LogP contribution in [0.2, 0.25) is 0 Å². The van der Waals surface area contributed by atoms with E-state index in [2.05, 4.69) is 15.5 Å². The van der Waals surface area contributed by atoms with Crippen LogP contribution in [0.1, 0.15) is 0 Å². The summed E-state index contributed by atoms with van der Waals surface area (Å²) in [5.74, 6) is -0.614. The molecule has 0 radical (unpaired) electrons. The summed E-state index contributed by atoms with van der Waals surface area (Å²) in [5.41, 5.74) is 8.15. The molecule has 102 valence electrons. The Balaban J connectivity index is 1.88.